The van der Waals surface area contributed by atoms with Crippen LogP contribution in [0.25, 0.3) is 0 Å². The minimum Gasteiger partial charge on any atom is -0.283 e. The Morgan fingerprint density at radius 2 is 1.88 bits per heavy atom. The van der Waals surface area contributed by atoms with E-state index in [1.54, 1.807) is 43.9 Å². The van der Waals surface area contributed by atoms with Crippen LogP contribution in [0.5, 0.6) is 0 Å². The van der Waals surface area contributed by atoms with Gasteiger partial charge in [0.05, 0.1) is 17.3 Å². The molecule has 0 bridgehead atoms. The van der Waals surface area contributed by atoms with Gasteiger partial charge in [-0.3, -0.25) is 23.8 Å². The largest absolute Gasteiger partial charge is 0.304 e. The van der Waals surface area contributed by atoms with Crippen molar-refractivity contribution in [1.29, 1.82) is 0 Å². The summed E-state index contributed by atoms with van der Waals surface area (Å²) in [5, 5.41) is 4.23. The van der Waals surface area contributed by atoms with Crippen molar-refractivity contribution in [3.63, 3.8) is 0 Å². The molecule has 0 aromatic carbocycles. The van der Waals surface area contributed by atoms with Crippen LogP contribution in [0, 0.1) is 13.8 Å². The van der Waals surface area contributed by atoms with E-state index in [1.807, 2.05) is 6.07 Å². The van der Waals surface area contributed by atoms with Gasteiger partial charge in [-0.2, -0.15) is 5.10 Å². The second kappa shape index (κ2) is 7.17. The van der Waals surface area contributed by atoms with Crippen molar-refractivity contribution in [1.82, 2.24) is 14.3 Å². The summed E-state index contributed by atoms with van der Waals surface area (Å²) in [6.45, 7) is 3.54. The molecule has 0 atom stereocenters. The third-order valence-electron chi connectivity index (χ3n) is 4.88. The van der Waals surface area contributed by atoms with Gasteiger partial charge < -0.3 is 0 Å². The lowest BCUT2D eigenvalue weighted by Crippen LogP contribution is -2.33. The van der Waals surface area contributed by atoms with Crippen LogP contribution in [-0.2, 0) is 7.05 Å². The topological polar surface area (TPSA) is 69.2 Å². The first-order chi connectivity index (χ1) is 12.0. The lowest BCUT2D eigenvalue weighted by molar-refractivity contribution is 0.0760. The highest BCUT2D eigenvalue weighted by molar-refractivity contribution is 6.44. The number of hydrogen-bond donors (Lipinski definition) is 0. The van der Waals surface area contributed by atoms with Crippen molar-refractivity contribution in [2.75, 3.05) is 0 Å². The fourth-order valence-electron chi connectivity index (χ4n) is 3.43. The fraction of sp³-hybridized carbons (Fsp3) is 0.474. The molecule has 0 amide bonds. The van der Waals surface area contributed by atoms with E-state index in [4.69, 9.17) is 4.99 Å². The van der Waals surface area contributed by atoms with Crippen LogP contribution in [-0.4, -0.2) is 32.1 Å². The van der Waals surface area contributed by atoms with Gasteiger partial charge in [0.15, 0.2) is 0 Å². The Hall–Kier alpha value is -2.50. The molecule has 6 heteroatoms. The van der Waals surface area contributed by atoms with Crippen LogP contribution < -0.4 is 5.49 Å². The van der Waals surface area contributed by atoms with E-state index in [2.05, 4.69) is 5.10 Å². The van der Waals surface area contributed by atoms with Crippen LogP contribution in [0.3, 0.4) is 0 Å². The molecule has 1 aliphatic rings. The molecule has 0 N–H and O–H groups in total. The normalized spacial score (nSPS) is 16.2. The van der Waals surface area contributed by atoms with E-state index in [0.29, 0.717) is 22.4 Å². The summed E-state index contributed by atoms with van der Waals surface area (Å²) in [7, 11) is 1.77. The molecule has 1 saturated carbocycles. The van der Waals surface area contributed by atoms with E-state index >= 15 is 0 Å². The zero-order valence-electron chi connectivity index (χ0n) is 15.0. The van der Waals surface area contributed by atoms with Gasteiger partial charge in [-0.05, 0) is 38.8 Å². The van der Waals surface area contributed by atoms with Crippen molar-refractivity contribution in [3.05, 3.63) is 46.8 Å². The van der Waals surface area contributed by atoms with Crippen molar-refractivity contribution >= 4 is 11.7 Å². The first-order valence-electron chi connectivity index (χ1n) is 8.80. The highest BCUT2D eigenvalue weighted by Gasteiger charge is 2.25. The summed E-state index contributed by atoms with van der Waals surface area (Å²) in [4.78, 5) is 30.4. The molecule has 0 spiro atoms. The summed E-state index contributed by atoms with van der Waals surface area (Å²) >= 11 is 0. The van der Waals surface area contributed by atoms with Gasteiger partial charge in [0.1, 0.15) is 5.49 Å². The highest BCUT2D eigenvalue weighted by Crippen LogP contribution is 2.19. The Kier molecular flexibility index (Phi) is 4.97. The molecule has 25 heavy (non-hydrogen) atoms. The lowest BCUT2D eigenvalue weighted by Gasteiger charge is -2.17. The van der Waals surface area contributed by atoms with Gasteiger partial charge in [-0.25, -0.2) is 0 Å². The molecule has 2 aromatic heterocycles. The van der Waals surface area contributed by atoms with Crippen molar-refractivity contribution in [2.45, 2.75) is 52.0 Å². The Morgan fingerprint density at radius 3 is 2.52 bits per heavy atom. The number of Topliss-reactive ketones (excluding diaryl/α,β-unsaturated/α-hetero) is 1. The van der Waals surface area contributed by atoms with Gasteiger partial charge in [-0.15, -0.1) is 0 Å². The van der Waals surface area contributed by atoms with Crippen LogP contribution in [0.15, 0.2) is 29.4 Å². The first kappa shape index (κ1) is 17.3. The van der Waals surface area contributed by atoms with Crippen LogP contribution in [0.1, 0.15) is 58.6 Å². The van der Waals surface area contributed by atoms with Crippen molar-refractivity contribution in [3.8, 4) is 0 Å². The standard InChI is InChI=1S/C19H24N4O2/c1-13-17(14(2)22(3)21-13)18(24)19(25)23-12-8-7-11-16(23)20-15-9-5-4-6-10-15/h7-8,11-12,15H,4-6,9-10H2,1-3H3. The predicted octanol–water partition coefficient (Wildman–Crippen LogP) is 2.59. The second-order valence-corrected chi connectivity index (χ2v) is 6.65. The smallest absolute Gasteiger partial charge is 0.283 e. The molecular formula is C19H24N4O2. The molecule has 1 aliphatic carbocycles. The van der Waals surface area contributed by atoms with E-state index in [-0.39, 0.29) is 6.04 Å². The monoisotopic (exact) mass is 340 g/mol. The zero-order chi connectivity index (χ0) is 18.0. The molecule has 0 saturated heterocycles. The van der Waals surface area contributed by atoms with Crippen molar-refractivity contribution in [2.24, 2.45) is 12.0 Å². The van der Waals surface area contributed by atoms with Gasteiger partial charge in [0.2, 0.25) is 0 Å². The number of carbonyl (C=O) groups excluding carboxylic acids is 2. The maximum atomic E-state index is 12.8. The molecule has 2 aromatic rings. The van der Waals surface area contributed by atoms with E-state index in [1.165, 1.54) is 23.8 Å². The molecule has 3 rings (SSSR count). The number of nitrogens with zero attached hydrogens (tertiary/aromatic N) is 4. The number of carbonyl (C=O) groups is 2. The molecule has 0 unspecified atom stereocenters. The second-order valence-electron chi connectivity index (χ2n) is 6.65. The van der Waals surface area contributed by atoms with Crippen molar-refractivity contribution < 1.29 is 9.59 Å². The van der Waals surface area contributed by atoms with Gasteiger partial charge in [-0.1, -0.05) is 25.3 Å². The number of pyridine rings is 1. The lowest BCUT2D eigenvalue weighted by atomic mass is 9.96. The van der Waals surface area contributed by atoms with Gasteiger partial charge in [0, 0.05) is 18.9 Å². The van der Waals surface area contributed by atoms with E-state index < -0.39 is 11.7 Å². The minimum absolute atomic E-state index is 0.229. The number of aromatic nitrogens is 3. The summed E-state index contributed by atoms with van der Waals surface area (Å²) in [5.41, 5.74) is 2.19. The molecule has 1 fully saturated rings. The molecular weight excluding hydrogens is 316 g/mol. The fourth-order valence-corrected chi connectivity index (χ4v) is 3.43. The number of hydrogen-bond acceptors (Lipinski definition) is 4. The predicted molar refractivity (Wildman–Crippen MR) is 94.5 cm³/mol. The number of aryl methyl sites for hydroxylation is 2. The molecule has 2 heterocycles. The molecule has 6 nitrogen and oxygen atoms in total. The summed E-state index contributed by atoms with van der Waals surface area (Å²) < 4.78 is 2.99. The summed E-state index contributed by atoms with van der Waals surface area (Å²) in [5.74, 6) is -1.13. The zero-order valence-corrected chi connectivity index (χ0v) is 15.0. The Bertz CT molecular complexity index is 870. The summed E-state index contributed by atoms with van der Waals surface area (Å²) in [6.07, 6.45) is 7.28. The van der Waals surface area contributed by atoms with E-state index in [9.17, 15) is 9.59 Å². The average molecular weight is 340 g/mol. The highest BCUT2D eigenvalue weighted by atomic mass is 16.2. The van der Waals surface area contributed by atoms with Crippen LogP contribution in [0.4, 0.5) is 0 Å². The minimum atomic E-state index is -0.589. The number of rotatable bonds is 3. The number of ketones is 1. The SMILES string of the molecule is Cc1nn(C)c(C)c1C(=O)C(=O)n1ccccc1=NC1CCCCC1. The third-order valence-corrected chi connectivity index (χ3v) is 4.88. The van der Waals surface area contributed by atoms with Gasteiger partial charge >= 0.3 is 5.91 Å². The van der Waals surface area contributed by atoms with E-state index in [0.717, 1.165) is 12.8 Å². The maximum Gasteiger partial charge on any atom is 0.304 e. The molecule has 0 aliphatic heterocycles. The summed E-state index contributed by atoms with van der Waals surface area (Å²) in [6, 6.07) is 5.61. The maximum absolute atomic E-state index is 12.8. The Labute approximate surface area is 147 Å². The average Bonchev–Trinajstić information content (AvgIpc) is 2.87. The Morgan fingerprint density at radius 1 is 1.16 bits per heavy atom. The Balaban J connectivity index is 1.97. The molecule has 0 radical (unpaired) electrons. The van der Waals surface area contributed by atoms with Gasteiger partial charge in [0.25, 0.3) is 5.78 Å². The third kappa shape index (κ3) is 3.48. The quantitative estimate of drug-likeness (QED) is 0.637. The van der Waals surface area contributed by atoms with Crippen LogP contribution in [0.2, 0.25) is 0 Å². The van der Waals surface area contributed by atoms with Crippen LogP contribution >= 0.6 is 0 Å². The molecule has 132 valence electrons. The first-order valence-corrected chi connectivity index (χ1v) is 8.80.